The van der Waals surface area contributed by atoms with Crippen molar-refractivity contribution in [2.45, 2.75) is 13.1 Å². The lowest BCUT2D eigenvalue weighted by molar-refractivity contribution is -0.384. The average molecular weight is 427 g/mol. The van der Waals surface area contributed by atoms with Gasteiger partial charge in [-0.3, -0.25) is 14.9 Å². The van der Waals surface area contributed by atoms with E-state index in [1.54, 1.807) is 23.0 Å². The van der Waals surface area contributed by atoms with Crippen molar-refractivity contribution < 1.29 is 9.72 Å². The number of rotatable bonds is 8. The Morgan fingerprint density at radius 3 is 2.38 bits per heavy atom. The van der Waals surface area contributed by atoms with Gasteiger partial charge >= 0.3 is 0 Å². The predicted octanol–water partition coefficient (Wildman–Crippen LogP) is 4.32. The van der Waals surface area contributed by atoms with Gasteiger partial charge in [-0.25, -0.2) is 4.68 Å². The molecule has 0 aliphatic heterocycles. The fraction of sp³-hybridized carbons (Fsp3) is 0.0833. The van der Waals surface area contributed by atoms with Crippen molar-refractivity contribution in [2.24, 2.45) is 0 Å². The van der Waals surface area contributed by atoms with Crippen molar-refractivity contribution in [1.29, 1.82) is 0 Å². The van der Waals surface area contributed by atoms with Crippen LogP contribution in [0.2, 0.25) is 0 Å². The normalized spacial score (nSPS) is 10.5. The molecule has 0 atom stereocenters. The minimum atomic E-state index is -0.492. The van der Waals surface area contributed by atoms with Gasteiger partial charge in [0.25, 0.3) is 11.6 Å². The minimum Gasteiger partial charge on any atom is -0.375 e. The number of nitro benzene ring substituents is 1. The van der Waals surface area contributed by atoms with Crippen LogP contribution in [-0.4, -0.2) is 20.6 Å². The number of hydrogen-bond acceptors (Lipinski definition) is 5. The van der Waals surface area contributed by atoms with E-state index in [2.05, 4.69) is 15.7 Å². The molecule has 0 aliphatic rings. The first-order valence-electron chi connectivity index (χ1n) is 10.0. The molecule has 0 saturated heterocycles. The highest BCUT2D eigenvalue weighted by Crippen LogP contribution is 2.26. The number of nitro groups is 1. The molecule has 0 unspecified atom stereocenters. The van der Waals surface area contributed by atoms with Crippen LogP contribution in [0.1, 0.15) is 21.5 Å². The number of nitrogens with one attached hydrogen (secondary N) is 2. The number of carbonyl (C=O) groups is 1. The molecule has 8 nitrogen and oxygen atoms in total. The minimum absolute atomic E-state index is 0.148. The molecule has 1 aromatic heterocycles. The maximum atomic E-state index is 12.6. The Morgan fingerprint density at radius 2 is 1.66 bits per heavy atom. The van der Waals surface area contributed by atoms with Crippen LogP contribution < -0.4 is 10.6 Å². The van der Waals surface area contributed by atoms with Crippen LogP contribution in [0, 0.1) is 10.1 Å². The summed E-state index contributed by atoms with van der Waals surface area (Å²) in [6.45, 7) is 0.700. The number of carbonyl (C=O) groups excluding carboxylic acids is 1. The standard InChI is InChI=1S/C24H21N5O3/c30-24(26-15-19-16-27-28(17-19)21-9-5-2-6-10-21)20-11-12-22(23(13-20)29(31)32)25-14-18-7-3-1-4-8-18/h1-13,16-17,25H,14-15H2,(H,26,30). The van der Waals surface area contributed by atoms with Gasteiger partial charge in [0.2, 0.25) is 0 Å². The molecule has 1 heterocycles. The first kappa shape index (κ1) is 20.8. The Kier molecular flexibility index (Phi) is 6.22. The fourth-order valence-corrected chi connectivity index (χ4v) is 3.22. The molecule has 0 radical (unpaired) electrons. The van der Waals surface area contributed by atoms with Gasteiger partial charge in [-0.05, 0) is 29.8 Å². The van der Waals surface area contributed by atoms with E-state index < -0.39 is 10.8 Å². The van der Waals surface area contributed by atoms with Gasteiger partial charge in [-0.15, -0.1) is 0 Å². The molecule has 0 aliphatic carbocycles. The highest BCUT2D eigenvalue weighted by molar-refractivity contribution is 5.95. The number of para-hydroxylation sites is 1. The first-order chi connectivity index (χ1) is 15.6. The fourth-order valence-electron chi connectivity index (χ4n) is 3.22. The van der Waals surface area contributed by atoms with E-state index in [0.29, 0.717) is 12.2 Å². The van der Waals surface area contributed by atoms with E-state index in [9.17, 15) is 14.9 Å². The van der Waals surface area contributed by atoms with Gasteiger partial charge in [0.05, 0.1) is 16.8 Å². The van der Waals surface area contributed by atoms with Crippen LogP contribution in [0.5, 0.6) is 0 Å². The summed E-state index contributed by atoms with van der Waals surface area (Å²) in [6.07, 6.45) is 3.50. The van der Waals surface area contributed by atoms with Crippen LogP contribution in [0.15, 0.2) is 91.3 Å². The van der Waals surface area contributed by atoms with E-state index in [4.69, 9.17) is 0 Å². The summed E-state index contributed by atoms with van der Waals surface area (Å²) >= 11 is 0. The van der Waals surface area contributed by atoms with Gasteiger partial charge in [-0.1, -0.05) is 48.5 Å². The second-order valence-corrected chi connectivity index (χ2v) is 7.14. The molecule has 4 aromatic rings. The molecule has 1 amide bonds. The van der Waals surface area contributed by atoms with Crippen LogP contribution in [0.25, 0.3) is 5.69 Å². The second kappa shape index (κ2) is 9.57. The first-order valence-corrected chi connectivity index (χ1v) is 10.0. The quantitative estimate of drug-likeness (QED) is 0.322. The lowest BCUT2D eigenvalue weighted by atomic mass is 10.1. The smallest absolute Gasteiger partial charge is 0.293 e. The van der Waals surface area contributed by atoms with Gasteiger partial charge in [0.1, 0.15) is 5.69 Å². The number of aromatic nitrogens is 2. The zero-order valence-corrected chi connectivity index (χ0v) is 17.1. The van der Waals surface area contributed by atoms with E-state index >= 15 is 0 Å². The van der Waals surface area contributed by atoms with Gasteiger partial charge in [0.15, 0.2) is 0 Å². The van der Waals surface area contributed by atoms with Crippen LogP contribution in [0.4, 0.5) is 11.4 Å². The SMILES string of the molecule is O=C(NCc1cnn(-c2ccccc2)c1)c1ccc(NCc2ccccc2)c([N+](=O)[O-])c1. The molecule has 0 fully saturated rings. The molecule has 3 aromatic carbocycles. The molecule has 0 saturated carbocycles. The monoisotopic (exact) mass is 427 g/mol. The highest BCUT2D eigenvalue weighted by atomic mass is 16.6. The molecule has 2 N–H and O–H groups in total. The summed E-state index contributed by atoms with van der Waals surface area (Å²) in [7, 11) is 0. The Bertz CT molecular complexity index is 1220. The lowest BCUT2D eigenvalue weighted by Crippen LogP contribution is -2.22. The number of anilines is 1. The van der Waals surface area contributed by atoms with Crippen LogP contribution >= 0.6 is 0 Å². The molecular weight excluding hydrogens is 406 g/mol. The molecule has 4 rings (SSSR count). The molecular formula is C24H21N5O3. The Labute approximate surface area is 184 Å². The van der Waals surface area contributed by atoms with Crippen molar-refractivity contribution in [2.75, 3.05) is 5.32 Å². The Morgan fingerprint density at radius 1 is 0.938 bits per heavy atom. The molecule has 160 valence electrons. The molecule has 0 spiro atoms. The van der Waals surface area contributed by atoms with E-state index in [1.807, 2.05) is 66.9 Å². The van der Waals surface area contributed by atoms with Gasteiger partial charge in [-0.2, -0.15) is 5.10 Å². The van der Waals surface area contributed by atoms with E-state index in [0.717, 1.165) is 16.8 Å². The largest absolute Gasteiger partial charge is 0.375 e. The molecule has 8 heteroatoms. The van der Waals surface area contributed by atoms with Crippen molar-refractivity contribution in [3.63, 3.8) is 0 Å². The summed E-state index contributed by atoms with van der Waals surface area (Å²) in [5.74, 6) is -0.393. The zero-order chi connectivity index (χ0) is 22.3. The highest BCUT2D eigenvalue weighted by Gasteiger charge is 2.17. The van der Waals surface area contributed by atoms with Crippen LogP contribution in [-0.2, 0) is 13.1 Å². The average Bonchev–Trinajstić information content (AvgIpc) is 3.31. The lowest BCUT2D eigenvalue weighted by Gasteiger charge is -2.09. The third-order valence-electron chi connectivity index (χ3n) is 4.89. The molecule has 0 bridgehead atoms. The summed E-state index contributed by atoms with van der Waals surface area (Å²) in [5.41, 5.74) is 3.17. The summed E-state index contributed by atoms with van der Waals surface area (Å²) in [4.78, 5) is 23.6. The summed E-state index contributed by atoms with van der Waals surface area (Å²) < 4.78 is 1.72. The summed E-state index contributed by atoms with van der Waals surface area (Å²) in [5, 5.41) is 21.7. The van der Waals surface area contributed by atoms with Crippen molar-refractivity contribution in [3.8, 4) is 5.69 Å². The number of hydrogen-bond donors (Lipinski definition) is 2. The second-order valence-electron chi connectivity index (χ2n) is 7.14. The Hall–Kier alpha value is -4.46. The van der Waals surface area contributed by atoms with E-state index in [1.165, 1.54) is 6.07 Å². The third kappa shape index (κ3) is 4.99. The Balaban J connectivity index is 1.41. The van der Waals surface area contributed by atoms with Crippen molar-refractivity contribution in [3.05, 3.63) is 118 Å². The van der Waals surface area contributed by atoms with Crippen LogP contribution in [0.3, 0.4) is 0 Å². The number of benzene rings is 3. The van der Waals surface area contributed by atoms with E-state index in [-0.39, 0.29) is 17.8 Å². The number of amides is 1. The molecule has 32 heavy (non-hydrogen) atoms. The summed E-state index contributed by atoms with van der Waals surface area (Å²) in [6, 6.07) is 23.6. The van der Waals surface area contributed by atoms with Gasteiger partial charge in [0, 0.05) is 36.5 Å². The van der Waals surface area contributed by atoms with Crippen molar-refractivity contribution in [1.82, 2.24) is 15.1 Å². The third-order valence-corrected chi connectivity index (χ3v) is 4.89. The van der Waals surface area contributed by atoms with Gasteiger partial charge < -0.3 is 10.6 Å². The topological polar surface area (TPSA) is 102 Å². The predicted molar refractivity (Wildman–Crippen MR) is 122 cm³/mol. The maximum absolute atomic E-state index is 12.6. The number of nitrogens with zero attached hydrogens (tertiary/aromatic N) is 3. The maximum Gasteiger partial charge on any atom is 0.293 e. The zero-order valence-electron chi connectivity index (χ0n) is 17.1. The van der Waals surface area contributed by atoms with Crippen molar-refractivity contribution >= 4 is 17.3 Å².